The van der Waals surface area contributed by atoms with Crippen molar-refractivity contribution in [1.82, 2.24) is 5.32 Å². The first kappa shape index (κ1) is 22.6. The number of anilines is 1. The van der Waals surface area contributed by atoms with E-state index in [0.717, 1.165) is 24.7 Å². The summed E-state index contributed by atoms with van der Waals surface area (Å²) in [6, 6.07) is 11.8. The number of nitrogens with one attached hydrogen (secondary N) is 1. The van der Waals surface area contributed by atoms with E-state index < -0.39 is 16.1 Å². The third kappa shape index (κ3) is 5.16. The highest BCUT2D eigenvalue weighted by atomic mass is 35.5. The summed E-state index contributed by atoms with van der Waals surface area (Å²) in [6.45, 7) is 3.74. The number of benzene rings is 2. The highest BCUT2D eigenvalue weighted by Crippen LogP contribution is 2.27. The molecule has 0 unspecified atom stereocenters. The Morgan fingerprint density at radius 1 is 1.10 bits per heavy atom. The molecule has 3 rings (SSSR count). The molecule has 0 fully saturated rings. The number of hydrogen-bond acceptors (Lipinski definition) is 3. The van der Waals surface area contributed by atoms with Crippen LogP contribution in [-0.2, 0) is 27.7 Å². The predicted molar refractivity (Wildman–Crippen MR) is 122 cm³/mol. The quantitative estimate of drug-likeness (QED) is 0.670. The zero-order valence-corrected chi connectivity index (χ0v) is 19.3. The SMILES string of the molecule is CC[C@@H](C(=O)N[C@H](C)c1ccc2c(c1)CCCC2)N(c1ccc(Cl)cc1)S(C)(=O)=O. The molecule has 162 valence electrons. The zero-order valence-electron chi connectivity index (χ0n) is 17.7. The maximum Gasteiger partial charge on any atom is 0.244 e. The molecule has 0 aromatic heterocycles. The molecule has 30 heavy (non-hydrogen) atoms. The van der Waals surface area contributed by atoms with E-state index >= 15 is 0 Å². The van der Waals surface area contributed by atoms with Gasteiger partial charge in [-0.15, -0.1) is 0 Å². The first-order valence-electron chi connectivity index (χ1n) is 10.4. The van der Waals surface area contributed by atoms with Gasteiger partial charge in [0, 0.05) is 5.02 Å². The van der Waals surface area contributed by atoms with Gasteiger partial charge in [0.1, 0.15) is 6.04 Å². The number of carbonyl (C=O) groups excluding carboxylic acids is 1. The molecule has 0 bridgehead atoms. The fraction of sp³-hybridized carbons (Fsp3) is 0.435. The van der Waals surface area contributed by atoms with Crippen molar-refractivity contribution in [1.29, 1.82) is 0 Å². The van der Waals surface area contributed by atoms with Crippen molar-refractivity contribution >= 4 is 33.2 Å². The summed E-state index contributed by atoms with van der Waals surface area (Å²) in [4.78, 5) is 13.1. The van der Waals surface area contributed by atoms with E-state index in [1.165, 1.54) is 28.3 Å². The monoisotopic (exact) mass is 448 g/mol. The van der Waals surface area contributed by atoms with Crippen molar-refractivity contribution in [2.45, 2.75) is 58.0 Å². The van der Waals surface area contributed by atoms with E-state index in [0.29, 0.717) is 17.1 Å². The topological polar surface area (TPSA) is 66.5 Å². The molecule has 1 aliphatic rings. The average molecular weight is 449 g/mol. The molecule has 0 saturated heterocycles. The van der Waals surface area contributed by atoms with Crippen molar-refractivity contribution in [2.24, 2.45) is 0 Å². The van der Waals surface area contributed by atoms with E-state index in [-0.39, 0.29) is 11.9 Å². The number of sulfonamides is 1. The van der Waals surface area contributed by atoms with Crippen LogP contribution in [0.3, 0.4) is 0 Å². The number of nitrogens with zero attached hydrogens (tertiary/aromatic N) is 1. The van der Waals surface area contributed by atoms with Gasteiger partial charge in [-0.2, -0.15) is 0 Å². The van der Waals surface area contributed by atoms with Crippen molar-refractivity contribution in [3.8, 4) is 0 Å². The molecule has 5 nitrogen and oxygen atoms in total. The first-order valence-corrected chi connectivity index (χ1v) is 12.6. The second-order valence-electron chi connectivity index (χ2n) is 7.92. The smallest absolute Gasteiger partial charge is 0.244 e. The second-order valence-corrected chi connectivity index (χ2v) is 10.2. The molecule has 2 atom stereocenters. The van der Waals surface area contributed by atoms with E-state index in [9.17, 15) is 13.2 Å². The van der Waals surface area contributed by atoms with Gasteiger partial charge < -0.3 is 5.32 Å². The third-order valence-electron chi connectivity index (χ3n) is 5.64. The third-order valence-corrected chi connectivity index (χ3v) is 7.07. The molecule has 0 aliphatic heterocycles. The Morgan fingerprint density at radius 3 is 2.33 bits per heavy atom. The highest BCUT2D eigenvalue weighted by molar-refractivity contribution is 7.92. The Kier molecular flexibility index (Phi) is 7.09. The van der Waals surface area contributed by atoms with Gasteiger partial charge in [-0.25, -0.2) is 8.42 Å². The molecular weight excluding hydrogens is 420 g/mol. The molecular formula is C23H29ClN2O3S. The Hall–Kier alpha value is -2.05. The lowest BCUT2D eigenvalue weighted by Gasteiger charge is -2.31. The number of hydrogen-bond donors (Lipinski definition) is 1. The van der Waals surface area contributed by atoms with Crippen LogP contribution in [0.25, 0.3) is 0 Å². The molecule has 1 N–H and O–H groups in total. The van der Waals surface area contributed by atoms with Crippen LogP contribution in [0.4, 0.5) is 5.69 Å². The number of carbonyl (C=O) groups is 1. The van der Waals surface area contributed by atoms with Crippen LogP contribution in [0.15, 0.2) is 42.5 Å². The number of fused-ring (bicyclic) bond motifs is 1. The summed E-state index contributed by atoms with van der Waals surface area (Å²) in [7, 11) is -3.67. The Labute approximate surface area is 184 Å². The second kappa shape index (κ2) is 9.40. The van der Waals surface area contributed by atoms with Crippen LogP contribution in [0.2, 0.25) is 5.02 Å². The largest absolute Gasteiger partial charge is 0.348 e. The Balaban J connectivity index is 1.82. The van der Waals surface area contributed by atoms with E-state index in [1.807, 2.05) is 13.8 Å². The molecule has 2 aromatic carbocycles. The van der Waals surface area contributed by atoms with Crippen LogP contribution < -0.4 is 9.62 Å². The van der Waals surface area contributed by atoms with E-state index in [2.05, 4.69) is 23.5 Å². The maximum atomic E-state index is 13.1. The van der Waals surface area contributed by atoms with Crippen molar-refractivity contribution in [3.05, 3.63) is 64.2 Å². The van der Waals surface area contributed by atoms with Gasteiger partial charge in [0.05, 0.1) is 18.0 Å². The fourth-order valence-corrected chi connectivity index (χ4v) is 5.40. The summed E-state index contributed by atoms with van der Waals surface area (Å²) in [6.07, 6.45) is 6.06. The Morgan fingerprint density at radius 2 is 1.73 bits per heavy atom. The van der Waals surface area contributed by atoms with E-state index in [1.54, 1.807) is 24.3 Å². The zero-order chi connectivity index (χ0) is 21.9. The number of halogens is 1. The fourth-order valence-electron chi connectivity index (χ4n) is 4.06. The predicted octanol–water partition coefficient (Wildman–Crippen LogP) is 4.64. The number of amides is 1. The van der Waals surface area contributed by atoms with Gasteiger partial charge in [0.25, 0.3) is 0 Å². The minimum atomic E-state index is -3.67. The molecule has 1 aliphatic carbocycles. The molecule has 0 heterocycles. The average Bonchev–Trinajstić information content (AvgIpc) is 2.71. The molecule has 1 amide bonds. The van der Waals surface area contributed by atoms with Crippen LogP contribution in [0, 0.1) is 0 Å². The lowest BCUT2D eigenvalue weighted by atomic mass is 9.89. The van der Waals surface area contributed by atoms with Crippen LogP contribution in [0.1, 0.15) is 55.8 Å². The Bertz CT molecular complexity index is 1010. The van der Waals surface area contributed by atoms with Gasteiger partial charge in [-0.05, 0) is 80.0 Å². The lowest BCUT2D eigenvalue weighted by molar-refractivity contribution is -0.122. The van der Waals surface area contributed by atoms with Crippen molar-refractivity contribution in [2.75, 3.05) is 10.6 Å². The minimum absolute atomic E-state index is 0.217. The van der Waals surface area contributed by atoms with Crippen molar-refractivity contribution in [3.63, 3.8) is 0 Å². The highest BCUT2D eigenvalue weighted by Gasteiger charge is 2.32. The lowest BCUT2D eigenvalue weighted by Crippen LogP contribution is -2.49. The normalized spacial score (nSPS) is 15.7. The van der Waals surface area contributed by atoms with Crippen LogP contribution in [-0.4, -0.2) is 26.6 Å². The summed E-state index contributed by atoms with van der Waals surface area (Å²) in [5.74, 6) is -0.317. The molecule has 2 aromatic rings. The van der Waals surface area contributed by atoms with Gasteiger partial charge in [-0.3, -0.25) is 9.10 Å². The molecule has 0 saturated carbocycles. The van der Waals surface area contributed by atoms with Gasteiger partial charge in [0.2, 0.25) is 15.9 Å². The van der Waals surface area contributed by atoms with Gasteiger partial charge in [0.15, 0.2) is 0 Å². The first-order chi connectivity index (χ1) is 14.2. The van der Waals surface area contributed by atoms with Gasteiger partial charge >= 0.3 is 0 Å². The van der Waals surface area contributed by atoms with Crippen molar-refractivity contribution < 1.29 is 13.2 Å². The van der Waals surface area contributed by atoms with E-state index in [4.69, 9.17) is 11.6 Å². The molecule has 0 radical (unpaired) electrons. The van der Waals surface area contributed by atoms with Crippen LogP contribution >= 0.6 is 11.6 Å². The molecule has 0 spiro atoms. The van der Waals surface area contributed by atoms with Crippen LogP contribution in [0.5, 0.6) is 0 Å². The number of rotatable bonds is 7. The summed E-state index contributed by atoms with van der Waals surface area (Å²) in [5.41, 5.74) is 4.20. The van der Waals surface area contributed by atoms with Gasteiger partial charge in [-0.1, -0.05) is 36.7 Å². The molecule has 7 heteroatoms. The summed E-state index contributed by atoms with van der Waals surface area (Å²) < 4.78 is 26.3. The number of aryl methyl sites for hydroxylation is 2. The minimum Gasteiger partial charge on any atom is -0.348 e. The standard InChI is InChI=1S/C23H29ClN2O3S/c1-4-22(26(30(3,28)29)21-13-11-20(24)12-14-21)23(27)25-16(2)18-10-9-17-7-5-6-8-19(17)15-18/h9-16,22H,4-8H2,1-3H3,(H,25,27)/t16-,22+/m1/s1. The summed E-state index contributed by atoms with van der Waals surface area (Å²) in [5, 5.41) is 3.52. The maximum absolute atomic E-state index is 13.1. The summed E-state index contributed by atoms with van der Waals surface area (Å²) >= 11 is 5.95.